The lowest BCUT2D eigenvalue weighted by Gasteiger charge is -2.40. The van der Waals surface area contributed by atoms with Gasteiger partial charge in [0.25, 0.3) is 0 Å². The molecular weight excluding hydrogens is 290 g/mol. The van der Waals surface area contributed by atoms with Crippen molar-refractivity contribution in [1.82, 2.24) is 20.2 Å². The summed E-state index contributed by atoms with van der Waals surface area (Å²) in [6.45, 7) is 5.14. The van der Waals surface area contributed by atoms with Crippen LogP contribution in [0.3, 0.4) is 0 Å². The van der Waals surface area contributed by atoms with Crippen molar-refractivity contribution in [2.24, 2.45) is 0 Å². The first-order valence-electron chi connectivity index (χ1n) is 7.43. The molecule has 2 aromatic rings. The van der Waals surface area contributed by atoms with Gasteiger partial charge in [-0.1, -0.05) is 13.8 Å². The van der Waals surface area contributed by atoms with Gasteiger partial charge in [0.15, 0.2) is 5.65 Å². The number of rotatable bonds is 4. The number of hydrogen-bond donors (Lipinski definition) is 2. The first kappa shape index (κ1) is 14.5. The summed E-state index contributed by atoms with van der Waals surface area (Å²) in [7, 11) is 0. The Labute approximate surface area is 128 Å². The topological polar surface area (TPSA) is 75.7 Å². The summed E-state index contributed by atoms with van der Waals surface area (Å²) in [5, 5.41) is 11.4. The smallest absolute Gasteiger partial charge is 0.226 e. The molecule has 2 aromatic heterocycles. The molecule has 0 radical (unpaired) electrons. The van der Waals surface area contributed by atoms with Crippen molar-refractivity contribution in [2.75, 3.05) is 11.9 Å². The largest absolute Gasteiger partial charge is 0.375 e. The minimum absolute atomic E-state index is 0.0255. The Morgan fingerprint density at radius 1 is 1.43 bits per heavy atom. The van der Waals surface area contributed by atoms with Crippen molar-refractivity contribution in [1.29, 1.82) is 0 Å². The highest BCUT2D eigenvalue weighted by atomic mass is 35.5. The van der Waals surface area contributed by atoms with Crippen LogP contribution in [-0.4, -0.2) is 38.4 Å². The van der Waals surface area contributed by atoms with Crippen molar-refractivity contribution in [2.45, 2.75) is 51.2 Å². The summed E-state index contributed by atoms with van der Waals surface area (Å²) in [5.74, 6) is 0.742. The van der Waals surface area contributed by atoms with E-state index in [1.807, 2.05) is 0 Å². The molecule has 1 saturated heterocycles. The summed E-state index contributed by atoms with van der Waals surface area (Å²) < 4.78 is 6.01. The standard InChI is InChI=1S/C14H20ClN5O/c1-3-14(4-2)7-9(5-6-21-14)17-11-10-8-16-20-12(10)19-13(15)18-11/h8-9H,3-7H2,1-2H3,(H2,16,17,18,19,20). The first-order valence-corrected chi connectivity index (χ1v) is 7.80. The molecule has 0 bridgehead atoms. The van der Waals surface area contributed by atoms with Gasteiger partial charge in [0.1, 0.15) is 5.82 Å². The second-order valence-corrected chi connectivity index (χ2v) is 5.88. The molecule has 0 spiro atoms. The van der Waals surface area contributed by atoms with Gasteiger partial charge in [0.05, 0.1) is 17.2 Å². The Bertz CT molecular complexity index is 625. The van der Waals surface area contributed by atoms with E-state index >= 15 is 0 Å². The van der Waals surface area contributed by atoms with E-state index in [1.165, 1.54) is 0 Å². The quantitative estimate of drug-likeness (QED) is 0.848. The Balaban J connectivity index is 1.83. The fraction of sp³-hybridized carbons (Fsp3) is 0.643. The minimum Gasteiger partial charge on any atom is -0.375 e. The van der Waals surface area contributed by atoms with Crippen LogP contribution in [-0.2, 0) is 4.74 Å². The lowest BCUT2D eigenvalue weighted by molar-refractivity contribution is -0.0864. The summed E-state index contributed by atoms with van der Waals surface area (Å²) in [6.07, 6.45) is 5.70. The van der Waals surface area contributed by atoms with Crippen LogP contribution in [0.5, 0.6) is 0 Å². The second kappa shape index (κ2) is 5.77. The molecule has 6 nitrogen and oxygen atoms in total. The van der Waals surface area contributed by atoms with E-state index in [-0.39, 0.29) is 10.9 Å². The van der Waals surface area contributed by atoms with Gasteiger partial charge in [-0.05, 0) is 37.3 Å². The molecule has 0 amide bonds. The van der Waals surface area contributed by atoms with Gasteiger partial charge in [-0.15, -0.1) is 0 Å². The van der Waals surface area contributed by atoms with Crippen molar-refractivity contribution >= 4 is 28.5 Å². The van der Waals surface area contributed by atoms with Crippen LogP contribution in [0.15, 0.2) is 6.20 Å². The van der Waals surface area contributed by atoms with Crippen molar-refractivity contribution in [3.63, 3.8) is 0 Å². The molecule has 1 aliphatic heterocycles. The number of H-pyrrole nitrogens is 1. The first-order chi connectivity index (χ1) is 10.2. The summed E-state index contributed by atoms with van der Waals surface area (Å²) in [4.78, 5) is 8.43. The number of aromatic nitrogens is 4. The summed E-state index contributed by atoms with van der Waals surface area (Å²) in [6, 6.07) is 0.322. The van der Waals surface area contributed by atoms with E-state index in [4.69, 9.17) is 16.3 Å². The molecule has 1 aliphatic rings. The van der Waals surface area contributed by atoms with E-state index in [0.717, 1.165) is 43.5 Å². The Morgan fingerprint density at radius 2 is 2.24 bits per heavy atom. The van der Waals surface area contributed by atoms with Crippen LogP contribution in [0.2, 0.25) is 5.28 Å². The molecule has 2 N–H and O–H groups in total. The third kappa shape index (κ3) is 2.82. The van der Waals surface area contributed by atoms with Gasteiger partial charge in [0.2, 0.25) is 5.28 Å². The second-order valence-electron chi connectivity index (χ2n) is 5.55. The average Bonchev–Trinajstić information content (AvgIpc) is 2.95. The van der Waals surface area contributed by atoms with Gasteiger partial charge in [-0.25, -0.2) is 0 Å². The van der Waals surface area contributed by atoms with Gasteiger partial charge >= 0.3 is 0 Å². The van der Waals surface area contributed by atoms with Crippen LogP contribution < -0.4 is 5.32 Å². The van der Waals surface area contributed by atoms with Gasteiger partial charge in [-0.3, -0.25) is 5.10 Å². The number of aromatic amines is 1. The maximum atomic E-state index is 6.01. The van der Waals surface area contributed by atoms with E-state index in [0.29, 0.717) is 11.7 Å². The number of fused-ring (bicyclic) bond motifs is 1. The average molecular weight is 310 g/mol. The van der Waals surface area contributed by atoms with Crippen LogP contribution in [0.4, 0.5) is 5.82 Å². The van der Waals surface area contributed by atoms with E-state index < -0.39 is 0 Å². The molecule has 3 heterocycles. The van der Waals surface area contributed by atoms with Gasteiger partial charge in [0, 0.05) is 12.6 Å². The molecule has 1 unspecified atom stereocenters. The third-order valence-corrected chi connectivity index (χ3v) is 4.57. The maximum Gasteiger partial charge on any atom is 0.226 e. The number of nitrogens with one attached hydrogen (secondary N) is 2. The van der Waals surface area contributed by atoms with Crippen molar-refractivity contribution < 1.29 is 4.74 Å². The van der Waals surface area contributed by atoms with Crippen molar-refractivity contribution in [3.05, 3.63) is 11.5 Å². The van der Waals surface area contributed by atoms with Crippen molar-refractivity contribution in [3.8, 4) is 0 Å². The zero-order valence-corrected chi connectivity index (χ0v) is 13.1. The molecule has 1 fully saturated rings. The molecule has 21 heavy (non-hydrogen) atoms. The minimum atomic E-state index is -0.0255. The van der Waals surface area contributed by atoms with Crippen LogP contribution in [0.25, 0.3) is 11.0 Å². The molecule has 3 rings (SSSR count). The molecule has 1 atom stereocenters. The number of nitrogens with zero attached hydrogens (tertiary/aromatic N) is 3. The zero-order valence-electron chi connectivity index (χ0n) is 12.3. The van der Waals surface area contributed by atoms with E-state index in [2.05, 4.69) is 39.3 Å². The maximum absolute atomic E-state index is 6.01. The van der Waals surface area contributed by atoms with Gasteiger partial charge < -0.3 is 10.1 Å². The van der Waals surface area contributed by atoms with E-state index in [9.17, 15) is 0 Å². The number of halogens is 1. The molecule has 0 saturated carbocycles. The predicted molar refractivity (Wildman–Crippen MR) is 82.6 cm³/mol. The molecule has 114 valence electrons. The Morgan fingerprint density at radius 3 is 3.00 bits per heavy atom. The zero-order chi connectivity index (χ0) is 14.9. The Hall–Kier alpha value is -1.40. The number of anilines is 1. The fourth-order valence-corrected chi connectivity index (χ4v) is 3.17. The van der Waals surface area contributed by atoms with E-state index in [1.54, 1.807) is 6.20 Å². The molecule has 0 aromatic carbocycles. The number of hydrogen-bond acceptors (Lipinski definition) is 5. The summed E-state index contributed by atoms with van der Waals surface area (Å²) >= 11 is 5.97. The highest BCUT2D eigenvalue weighted by Crippen LogP contribution is 2.33. The monoisotopic (exact) mass is 309 g/mol. The molecule has 7 heteroatoms. The summed E-state index contributed by atoms with van der Waals surface area (Å²) in [5.41, 5.74) is 0.629. The lowest BCUT2D eigenvalue weighted by atomic mass is 9.86. The fourth-order valence-electron chi connectivity index (χ4n) is 3.00. The SMILES string of the molecule is CCC1(CC)CC(Nc2nc(Cl)nc3[nH]ncc23)CCO1. The normalized spacial score (nSPS) is 21.6. The third-order valence-electron chi connectivity index (χ3n) is 4.40. The highest BCUT2D eigenvalue weighted by molar-refractivity contribution is 6.28. The lowest BCUT2D eigenvalue weighted by Crippen LogP contribution is -2.43. The van der Waals surface area contributed by atoms with Crippen LogP contribution >= 0.6 is 11.6 Å². The Kier molecular flexibility index (Phi) is 3.99. The molecular formula is C14H20ClN5O. The molecule has 0 aliphatic carbocycles. The van der Waals surface area contributed by atoms with Crippen LogP contribution in [0, 0.1) is 0 Å². The van der Waals surface area contributed by atoms with Gasteiger partial charge in [-0.2, -0.15) is 15.1 Å². The van der Waals surface area contributed by atoms with Crippen LogP contribution in [0.1, 0.15) is 39.5 Å². The predicted octanol–water partition coefficient (Wildman–Crippen LogP) is 3.16. The number of ether oxygens (including phenoxy) is 1. The highest BCUT2D eigenvalue weighted by Gasteiger charge is 2.34.